The van der Waals surface area contributed by atoms with Crippen LogP contribution in [-0.4, -0.2) is 77.7 Å². The van der Waals surface area contributed by atoms with Gasteiger partial charge in [0.2, 0.25) is 5.79 Å². The van der Waals surface area contributed by atoms with Crippen LogP contribution in [0.25, 0.3) is 10.4 Å². The van der Waals surface area contributed by atoms with E-state index < -0.39 is 77.9 Å². The molecular formula is C39H65FO7SSi5. The lowest BCUT2D eigenvalue weighted by molar-refractivity contribution is -0.348. The molecule has 3 aromatic rings. The summed E-state index contributed by atoms with van der Waals surface area (Å²) in [5.74, 6) is -2.15. The predicted octanol–water partition coefficient (Wildman–Crippen LogP) is 10.9. The number of hydrogen-bond acceptors (Lipinski definition) is 8. The monoisotopic (exact) mass is 836 g/mol. The second-order valence-electron chi connectivity index (χ2n) is 19.2. The number of aryl methyl sites for hydroxylation is 1. The van der Waals surface area contributed by atoms with Gasteiger partial charge < -0.3 is 32.0 Å². The Bertz CT molecular complexity index is 1670. The third-order valence-corrected chi connectivity index (χ3v) is 14.4. The number of ether oxygens (including phenoxy) is 1. The van der Waals surface area contributed by atoms with Gasteiger partial charge in [0.05, 0.1) is 6.61 Å². The van der Waals surface area contributed by atoms with E-state index in [1.807, 2.05) is 18.2 Å². The predicted molar refractivity (Wildman–Crippen MR) is 230 cm³/mol. The van der Waals surface area contributed by atoms with Crippen molar-refractivity contribution in [3.8, 4) is 10.4 Å². The fraction of sp³-hybridized carbons (Fsp3) is 0.590. The fourth-order valence-electron chi connectivity index (χ4n) is 6.32. The Balaban J connectivity index is 1.93. The summed E-state index contributed by atoms with van der Waals surface area (Å²) in [6.45, 7) is 34.7. The van der Waals surface area contributed by atoms with Gasteiger partial charge in [0.1, 0.15) is 36.3 Å². The summed E-state index contributed by atoms with van der Waals surface area (Å²) >= 11 is 1.64. The van der Waals surface area contributed by atoms with E-state index in [9.17, 15) is 9.50 Å². The molecule has 1 fully saturated rings. The lowest BCUT2D eigenvalue weighted by atomic mass is 9.86. The third kappa shape index (κ3) is 12.7. The second-order valence-corrected chi connectivity index (χ2v) is 42.7. The first-order valence-electron chi connectivity index (χ1n) is 18.8. The number of rotatable bonds is 15. The van der Waals surface area contributed by atoms with Gasteiger partial charge in [-0.15, -0.1) is 11.3 Å². The summed E-state index contributed by atoms with van der Waals surface area (Å²) in [5.41, 5.74) is 3.50. The SMILES string of the molecule is Cc1ccc([C@]2(O)O[C@H](CO[Si](C)(C)C)[C@@H](O[Si](C)(C)C)[C@H](O[Si](C)(C)C)[C@H]2O[Si](C)(C)C)cc1C(O[Si](C)(C)C)c1ccc(-c2ccc(F)cc2)s1. The molecule has 0 bridgehead atoms. The van der Waals surface area contributed by atoms with Gasteiger partial charge in [-0.25, -0.2) is 4.39 Å². The van der Waals surface area contributed by atoms with Crippen LogP contribution in [0.5, 0.6) is 0 Å². The molecule has 7 nitrogen and oxygen atoms in total. The lowest BCUT2D eigenvalue weighted by Crippen LogP contribution is -2.69. The zero-order valence-electron chi connectivity index (χ0n) is 35.0. The summed E-state index contributed by atoms with van der Waals surface area (Å²) in [4.78, 5) is 2.06. The average molecular weight is 837 g/mol. The van der Waals surface area contributed by atoms with Gasteiger partial charge >= 0.3 is 0 Å². The Morgan fingerprint density at radius 3 is 1.81 bits per heavy atom. The Morgan fingerprint density at radius 1 is 0.717 bits per heavy atom. The highest BCUT2D eigenvalue weighted by Gasteiger charge is 2.59. The van der Waals surface area contributed by atoms with Gasteiger partial charge in [-0.2, -0.15) is 0 Å². The minimum Gasteiger partial charge on any atom is -0.415 e. The Morgan fingerprint density at radius 2 is 1.28 bits per heavy atom. The van der Waals surface area contributed by atoms with Crippen LogP contribution >= 0.6 is 11.3 Å². The van der Waals surface area contributed by atoms with Crippen molar-refractivity contribution in [1.29, 1.82) is 0 Å². The van der Waals surface area contributed by atoms with Crippen LogP contribution in [0, 0.1) is 12.7 Å². The molecule has 1 aliphatic rings. The van der Waals surface area contributed by atoms with Gasteiger partial charge in [0.25, 0.3) is 0 Å². The molecule has 6 atom stereocenters. The molecule has 0 saturated carbocycles. The summed E-state index contributed by atoms with van der Waals surface area (Å²) in [5, 5.41) is 13.3. The molecule has 0 amide bonds. The van der Waals surface area contributed by atoms with Crippen molar-refractivity contribution in [2.75, 3.05) is 6.61 Å². The summed E-state index contributed by atoms with van der Waals surface area (Å²) in [6, 6.07) is 16.8. The van der Waals surface area contributed by atoms with Crippen molar-refractivity contribution in [3.05, 3.63) is 82.0 Å². The highest BCUT2D eigenvalue weighted by atomic mass is 32.1. The molecule has 1 aromatic heterocycles. The molecule has 1 saturated heterocycles. The third-order valence-electron chi connectivity index (χ3n) is 8.31. The average Bonchev–Trinajstić information content (AvgIpc) is 3.47. The van der Waals surface area contributed by atoms with Gasteiger partial charge in [-0.3, -0.25) is 0 Å². The highest BCUT2D eigenvalue weighted by molar-refractivity contribution is 7.15. The first kappa shape index (κ1) is 44.6. The van der Waals surface area contributed by atoms with Crippen molar-refractivity contribution >= 4 is 52.9 Å². The second kappa shape index (κ2) is 16.4. The standard InChI is InChI=1S/C39H65FO7SSi5/c1-27-17-20-29(25-31(27)35(44-50(5,6)7)34-24-23-33(48-34)28-18-21-30(40)22-19-28)39(41)38(47-53(14,15)16)37(46-52(11,12)13)36(45-51(8,9)10)32(43-39)26-42-49(2,3)4/h17-25,32,35-38,41H,26H2,1-16H3/t32-,35?,36-,37+,38-,39+/m1/s1. The van der Waals surface area contributed by atoms with Crippen LogP contribution in [0.2, 0.25) is 98.2 Å². The van der Waals surface area contributed by atoms with E-state index in [-0.39, 0.29) is 12.4 Å². The van der Waals surface area contributed by atoms with E-state index in [0.717, 1.165) is 26.4 Å². The van der Waals surface area contributed by atoms with Gasteiger partial charge in [0.15, 0.2) is 41.6 Å². The molecule has 2 aromatic carbocycles. The molecule has 53 heavy (non-hydrogen) atoms. The minimum absolute atomic E-state index is 0.262. The van der Waals surface area contributed by atoms with E-state index >= 15 is 0 Å². The molecule has 2 heterocycles. The van der Waals surface area contributed by atoms with Crippen LogP contribution in [0.15, 0.2) is 54.6 Å². The molecule has 0 radical (unpaired) electrons. The van der Waals surface area contributed by atoms with Crippen LogP contribution in [0.3, 0.4) is 0 Å². The maximum absolute atomic E-state index is 13.8. The molecular weight excluding hydrogens is 772 g/mol. The Hall–Kier alpha value is -1.13. The van der Waals surface area contributed by atoms with Crippen LogP contribution in [0.1, 0.15) is 27.7 Å². The molecule has 296 valence electrons. The van der Waals surface area contributed by atoms with Crippen molar-refractivity contribution in [2.45, 2.75) is 141 Å². The maximum Gasteiger partial charge on any atom is 0.221 e. The molecule has 1 N–H and O–H groups in total. The van der Waals surface area contributed by atoms with Gasteiger partial charge in [-0.05, 0) is 152 Å². The molecule has 1 unspecified atom stereocenters. The normalized spacial score (nSPS) is 24.0. The fourth-order valence-corrected chi connectivity index (χ4v) is 12.3. The lowest BCUT2D eigenvalue weighted by Gasteiger charge is -2.54. The quantitative estimate of drug-likeness (QED) is 0.153. The smallest absolute Gasteiger partial charge is 0.221 e. The largest absolute Gasteiger partial charge is 0.415 e. The van der Waals surface area contributed by atoms with Crippen molar-refractivity contribution in [3.63, 3.8) is 0 Å². The van der Waals surface area contributed by atoms with E-state index in [1.165, 1.54) is 12.1 Å². The van der Waals surface area contributed by atoms with E-state index in [4.69, 9.17) is 26.9 Å². The number of thiophene rings is 1. The molecule has 1 aliphatic heterocycles. The van der Waals surface area contributed by atoms with Crippen molar-refractivity contribution in [1.82, 2.24) is 0 Å². The van der Waals surface area contributed by atoms with Crippen LogP contribution in [-0.2, 0) is 32.7 Å². The zero-order valence-corrected chi connectivity index (χ0v) is 40.8. The van der Waals surface area contributed by atoms with E-state index in [1.54, 1.807) is 23.5 Å². The van der Waals surface area contributed by atoms with Crippen molar-refractivity contribution < 1.29 is 36.4 Å². The first-order chi connectivity index (χ1) is 24.0. The molecule has 14 heteroatoms. The van der Waals surface area contributed by atoms with E-state index in [2.05, 4.69) is 117 Å². The van der Waals surface area contributed by atoms with Crippen LogP contribution < -0.4 is 0 Å². The van der Waals surface area contributed by atoms with Crippen LogP contribution in [0.4, 0.5) is 4.39 Å². The first-order valence-corrected chi connectivity index (χ1v) is 36.6. The molecule has 4 rings (SSSR count). The number of halogens is 1. The molecule has 0 spiro atoms. The number of aliphatic hydroxyl groups is 1. The summed E-state index contributed by atoms with van der Waals surface area (Å²) in [7, 11) is -10.8. The Labute approximate surface area is 328 Å². The highest BCUT2D eigenvalue weighted by Crippen LogP contribution is 2.46. The van der Waals surface area contributed by atoms with Crippen molar-refractivity contribution in [2.24, 2.45) is 0 Å². The van der Waals surface area contributed by atoms with E-state index in [0.29, 0.717) is 5.56 Å². The maximum atomic E-state index is 13.8. The summed E-state index contributed by atoms with van der Waals surface area (Å²) < 4.78 is 55.3. The zero-order chi connectivity index (χ0) is 39.9. The number of benzene rings is 2. The van der Waals surface area contributed by atoms with Gasteiger partial charge in [0, 0.05) is 15.3 Å². The molecule has 0 aliphatic carbocycles. The topological polar surface area (TPSA) is 75.6 Å². The van der Waals surface area contributed by atoms with Gasteiger partial charge in [-0.1, -0.05) is 24.3 Å². The Kier molecular flexibility index (Phi) is 13.8. The summed E-state index contributed by atoms with van der Waals surface area (Å²) in [6.07, 6.45) is -2.99. The number of hydrogen-bond donors (Lipinski definition) is 1. The minimum atomic E-state index is -2.32.